The van der Waals surface area contributed by atoms with Gasteiger partial charge in [-0.1, -0.05) is 23.2 Å². The van der Waals surface area contributed by atoms with Crippen LogP contribution in [-0.2, 0) is 19.1 Å². The summed E-state index contributed by atoms with van der Waals surface area (Å²) in [6.45, 7) is -0.212. The minimum absolute atomic E-state index is 0.00692. The van der Waals surface area contributed by atoms with E-state index < -0.39 is 15.0 Å². The Hall–Kier alpha value is -0.980. The molecular weight excluding hydrogens is 265 g/mol. The molecule has 0 spiro atoms. The third kappa shape index (κ3) is 2.53. The first-order valence-electron chi connectivity index (χ1n) is 3.50. The zero-order chi connectivity index (χ0) is 11.6. The second-order valence-corrected chi connectivity index (χ2v) is 4.81. The normalized spacial score (nSPS) is 11.1. The number of nitrogen functional groups attached to an aromatic ring is 1. The van der Waals surface area contributed by atoms with Crippen molar-refractivity contribution in [2.45, 2.75) is 4.90 Å². The van der Waals surface area contributed by atoms with E-state index in [-0.39, 0.29) is 22.2 Å². The van der Waals surface area contributed by atoms with Gasteiger partial charge in [0.05, 0.1) is 15.7 Å². The molecule has 0 unspecified atom stereocenters. The Labute approximate surface area is 95.9 Å². The SMILES string of the molecule is Nc1cc(Cl)c(S(=O)(=O)OC=O)cc1Cl. The molecule has 8 heteroatoms. The van der Waals surface area contributed by atoms with Gasteiger partial charge in [-0.2, -0.15) is 8.42 Å². The monoisotopic (exact) mass is 269 g/mol. The first kappa shape index (κ1) is 12.1. The van der Waals surface area contributed by atoms with E-state index in [1.807, 2.05) is 0 Å². The van der Waals surface area contributed by atoms with Crippen molar-refractivity contribution in [3.63, 3.8) is 0 Å². The number of anilines is 1. The third-order valence-electron chi connectivity index (χ3n) is 1.49. The molecule has 2 N–H and O–H groups in total. The zero-order valence-electron chi connectivity index (χ0n) is 7.11. The van der Waals surface area contributed by atoms with Crippen molar-refractivity contribution < 1.29 is 17.4 Å². The van der Waals surface area contributed by atoms with Crippen LogP contribution >= 0.6 is 23.2 Å². The summed E-state index contributed by atoms with van der Waals surface area (Å²) < 4.78 is 26.5. The molecule has 0 fully saturated rings. The van der Waals surface area contributed by atoms with Crippen molar-refractivity contribution in [3.05, 3.63) is 22.2 Å². The van der Waals surface area contributed by atoms with Crippen molar-refractivity contribution >= 4 is 45.5 Å². The summed E-state index contributed by atoms with van der Waals surface area (Å²) in [4.78, 5) is 9.55. The molecular formula is C7H5Cl2NO4S. The predicted molar refractivity (Wildman–Crippen MR) is 55.2 cm³/mol. The van der Waals surface area contributed by atoms with Gasteiger partial charge in [-0.05, 0) is 12.1 Å². The Balaban J connectivity index is 3.39. The average molecular weight is 270 g/mol. The van der Waals surface area contributed by atoms with Crippen LogP contribution < -0.4 is 5.73 Å². The van der Waals surface area contributed by atoms with E-state index in [1.165, 1.54) is 0 Å². The first-order valence-corrected chi connectivity index (χ1v) is 5.66. The third-order valence-corrected chi connectivity index (χ3v) is 3.45. The maximum absolute atomic E-state index is 11.3. The molecule has 0 aliphatic heterocycles. The summed E-state index contributed by atoms with van der Waals surface area (Å²) in [5.74, 6) is 0. The van der Waals surface area contributed by atoms with E-state index in [0.717, 1.165) is 12.1 Å². The van der Waals surface area contributed by atoms with Gasteiger partial charge in [-0.25, -0.2) is 0 Å². The standard InChI is InChI=1S/C7H5Cl2NO4S/c8-4-2-7(5(9)1-6(4)10)15(12,13)14-3-11/h1-3H,10H2. The van der Waals surface area contributed by atoms with E-state index in [9.17, 15) is 13.2 Å². The van der Waals surface area contributed by atoms with Crippen LogP contribution in [0.5, 0.6) is 0 Å². The molecule has 0 atom stereocenters. The highest BCUT2D eigenvalue weighted by Gasteiger charge is 2.20. The van der Waals surface area contributed by atoms with Gasteiger partial charge in [0.25, 0.3) is 0 Å². The number of hydrogen-bond donors (Lipinski definition) is 1. The molecule has 0 saturated carbocycles. The molecule has 0 radical (unpaired) electrons. The van der Waals surface area contributed by atoms with Crippen LogP contribution in [0.3, 0.4) is 0 Å². The van der Waals surface area contributed by atoms with Crippen molar-refractivity contribution in [1.82, 2.24) is 0 Å². The van der Waals surface area contributed by atoms with E-state index in [2.05, 4.69) is 4.18 Å². The maximum Gasteiger partial charge on any atom is 0.343 e. The van der Waals surface area contributed by atoms with Crippen LogP contribution in [0, 0.1) is 0 Å². The number of benzene rings is 1. The summed E-state index contributed by atoms with van der Waals surface area (Å²) >= 11 is 11.2. The fraction of sp³-hybridized carbons (Fsp3) is 0. The molecule has 1 aromatic carbocycles. The maximum atomic E-state index is 11.3. The number of carbonyl (C=O) groups is 1. The van der Waals surface area contributed by atoms with Gasteiger partial charge in [-0.3, -0.25) is 4.79 Å². The van der Waals surface area contributed by atoms with Crippen LogP contribution in [0.25, 0.3) is 0 Å². The highest BCUT2D eigenvalue weighted by Crippen LogP contribution is 2.30. The van der Waals surface area contributed by atoms with E-state index >= 15 is 0 Å². The molecule has 0 amide bonds. The lowest BCUT2D eigenvalue weighted by Gasteiger charge is -2.05. The van der Waals surface area contributed by atoms with Crippen molar-refractivity contribution in [2.24, 2.45) is 0 Å². The Morgan fingerprint density at radius 1 is 1.27 bits per heavy atom. The van der Waals surface area contributed by atoms with Crippen molar-refractivity contribution in [2.75, 3.05) is 5.73 Å². The van der Waals surface area contributed by atoms with Gasteiger partial charge in [-0.15, -0.1) is 0 Å². The van der Waals surface area contributed by atoms with Crippen molar-refractivity contribution in [1.29, 1.82) is 0 Å². The number of carbonyl (C=O) groups excluding carboxylic acids is 1. The Kier molecular flexibility index (Phi) is 3.43. The fourth-order valence-corrected chi connectivity index (χ4v) is 2.29. The molecule has 1 aromatic rings. The Morgan fingerprint density at radius 2 is 1.87 bits per heavy atom. The minimum Gasteiger partial charge on any atom is -0.397 e. The van der Waals surface area contributed by atoms with Crippen LogP contribution in [0.15, 0.2) is 17.0 Å². The molecule has 82 valence electrons. The Bertz CT molecular complexity index is 500. The van der Waals surface area contributed by atoms with Gasteiger partial charge in [0.1, 0.15) is 4.90 Å². The second kappa shape index (κ2) is 4.26. The molecule has 5 nitrogen and oxygen atoms in total. The van der Waals surface area contributed by atoms with Crippen LogP contribution in [0.4, 0.5) is 5.69 Å². The molecule has 1 rings (SSSR count). The van der Waals surface area contributed by atoms with Gasteiger partial charge < -0.3 is 9.92 Å². The summed E-state index contributed by atoms with van der Waals surface area (Å²) in [7, 11) is -4.22. The highest BCUT2D eigenvalue weighted by molar-refractivity contribution is 7.87. The predicted octanol–water partition coefficient (Wildman–Crippen LogP) is 1.44. The zero-order valence-corrected chi connectivity index (χ0v) is 9.43. The second-order valence-electron chi connectivity index (χ2n) is 2.45. The summed E-state index contributed by atoms with van der Waals surface area (Å²) in [6, 6.07) is 2.17. The number of rotatable bonds is 3. The molecule has 15 heavy (non-hydrogen) atoms. The summed E-state index contributed by atoms with van der Waals surface area (Å²) in [6.07, 6.45) is 0. The minimum atomic E-state index is -4.22. The lowest BCUT2D eigenvalue weighted by molar-refractivity contribution is -0.120. The van der Waals surface area contributed by atoms with Gasteiger partial charge in [0.2, 0.25) is 0 Å². The van der Waals surface area contributed by atoms with Crippen molar-refractivity contribution in [3.8, 4) is 0 Å². The average Bonchev–Trinajstić information content (AvgIpc) is 2.11. The van der Waals surface area contributed by atoms with Crippen LogP contribution in [0.2, 0.25) is 10.0 Å². The molecule has 0 saturated heterocycles. The number of hydrogen-bond acceptors (Lipinski definition) is 5. The summed E-state index contributed by atoms with van der Waals surface area (Å²) in [5, 5.41) is -0.161. The van der Waals surface area contributed by atoms with Gasteiger partial charge in [0.15, 0.2) is 0 Å². The summed E-state index contributed by atoms with van der Waals surface area (Å²) in [5.41, 5.74) is 5.52. The quantitative estimate of drug-likeness (QED) is 0.510. The van der Waals surface area contributed by atoms with E-state index in [0.29, 0.717) is 0 Å². The molecule has 0 aliphatic rings. The Morgan fingerprint density at radius 3 is 2.40 bits per heavy atom. The van der Waals surface area contributed by atoms with Gasteiger partial charge >= 0.3 is 16.6 Å². The first-order chi connectivity index (χ1) is 6.88. The fourth-order valence-electron chi connectivity index (χ4n) is 0.839. The van der Waals surface area contributed by atoms with Crippen LogP contribution in [-0.4, -0.2) is 14.9 Å². The molecule has 0 bridgehead atoms. The smallest absolute Gasteiger partial charge is 0.343 e. The highest BCUT2D eigenvalue weighted by atomic mass is 35.5. The molecule has 0 aliphatic carbocycles. The van der Waals surface area contributed by atoms with Gasteiger partial charge in [0, 0.05) is 0 Å². The van der Waals surface area contributed by atoms with E-state index in [4.69, 9.17) is 28.9 Å². The van der Waals surface area contributed by atoms with Crippen LogP contribution in [0.1, 0.15) is 0 Å². The lowest BCUT2D eigenvalue weighted by Crippen LogP contribution is -2.06. The number of nitrogens with two attached hydrogens (primary N) is 1. The topological polar surface area (TPSA) is 86.5 Å². The lowest BCUT2D eigenvalue weighted by atomic mass is 10.3. The number of halogens is 2. The molecule has 0 aromatic heterocycles. The largest absolute Gasteiger partial charge is 0.397 e. The molecule has 0 heterocycles. The van der Waals surface area contributed by atoms with E-state index in [1.54, 1.807) is 0 Å².